The SMILES string of the molecule is CC(=N)[C@@H](C)O. The molecule has 0 rings (SSSR count). The first-order valence-electron chi connectivity index (χ1n) is 1.87. The summed E-state index contributed by atoms with van der Waals surface area (Å²) in [5.74, 6) is 0. The summed E-state index contributed by atoms with van der Waals surface area (Å²) >= 11 is 0. The molecule has 36 valence electrons. The van der Waals surface area contributed by atoms with Crippen molar-refractivity contribution in [2.45, 2.75) is 20.0 Å². The molecule has 0 aliphatic heterocycles. The first-order chi connectivity index (χ1) is 2.64. The Balaban J connectivity index is 3.26. The Morgan fingerprint density at radius 2 is 2.00 bits per heavy atom. The monoisotopic (exact) mass is 87.1 g/mol. The van der Waals surface area contributed by atoms with Crippen LogP contribution < -0.4 is 0 Å². The summed E-state index contributed by atoms with van der Waals surface area (Å²) in [6, 6.07) is 0. The Bertz CT molecular complexity index is 58.6. The summed E-state index contributed by atoms with van der Waals surface area (Å²) in [4.78, 5) is 0. The van der Waals surface area contributed by atoms with Gasteiger partial charge >= 0.3 is 0 Å². The second-order valence-electron chi connectivity index (χ2n) is 1.36. The van der Waals surface area contributed by atoms with Crippen LogP contribution in [0, 0.1) is 5.41 Å². The molecular weight excluding hydrogens is 78.0 g/mol. The van der Waals surface area contributed by atoms with Crippen LogP contribution >= 0.6 is 0 Å². The maximum atomic E-state index is 8.41. The maximum Gasteiger partial charge on any atom is 0.0883 e. The molecule has 0 aliphatic carbocycles. The van der Waals surface area contributed by atoms with Crippen molar-refractivity contribution in [3.05, 3.63) is 0 Å². The van der Waals surface area contributed by atoms with E-state index in [1.54, 1.807) is 13.8 Å². The zero-order chi connectivity index (χ0) is 5.15. The minimum absolute atomic E-state index is 0.315. The fraction of sp³-hybridized carbons (Fsp3) is 0.750. The zero-order valence-electron chi connectivity index (χ0n) is 4.02. The van der Waals surface area contributed by atoms with E-state index in [4.69, 9.17) is 10.5 Å². The highest BCUT2D eigenvalue weighted by molar-refractivity contribution is 5.82. The van der Waals surface area contributed by atoms with Gasteiger partial charge in [-0.05, 0) is 13.8 Å². The quantitative estimate of drug-likeness (QED) is 0.447. The third-order valence-electron chi connectivity index (χ3n) is 0.627. The van der Waals surface area contributed by atoms with Crippen molar-refractivity contribution in [1.29, 1.82) is 5.41 Å². The first kappa shape index (κ1) is 5.63. The van der Waals surface area contributed by atoms with E-state index in [0.29, 0.717) is 5.71 Å². The molecular formula is C4H9NO. The molecule has 0 fully saturated rings. The van der Waals surface area contributed by atoms with Crippen molar-refractivity contribution >= 4 is 5.71 Å². The number of rotatable bonds is 1. The molecule has 0 aromatic rings. The van der Waals surface area contributed by atoms with E-state index >= 15 is 0 Å². The van der Waals surface area contributed by atoms with Crippen molar-refractivity contribution in [1.82, 2.24) is 0 Å². The molecule has 0 saturated carbocycles. The van der Waals surface area contributed by atoms with E-state index in [-0.39, 0.29) is 0 Å². The Morgan fingerprint density at radius 3 is 2.00 bits per heavy atom. The van der Waals surface area contributed by atoms with E-state index in [2.05, 4.69) is 0 Å². The number of aliphatic hydroxyl groups excluding tert-OH is 1. The van der Waals surface area contributed by atoms with Crippen molar-refractivity contribution < 1.29 is 5.11 Å². The first-order valence-corrected chi connectivity index (χ1v) is 1.87. The predicted molar refractivity (Wildman–Crippen MR) is 25.1 cm³/mol. The van der Waals surface area contributed by atoms with E-state index in [0.717, 1.165) is 0 Å². The van der Waals surface area contributed by atoms with Crippen LogP contribution in [0.3, 0.4) is 0 Å². The van der Waals surface area contributed by atoms with Crippen molar-refractivity contribution in [2.75, 3.05) is 0 Å². The van der Waals surface area contributed by atoms with Gasteiger partial charge in [-0.15, -0.1) is 0 Å². The molecule has 0 bridgehead atoms. The fourth-order valence-electron chi connectivity index (χ4n) is 0. The molecule has 0 heterocycles. The lowest BCUT2D eigenvalue weighted by Gasteiger charge is -1.94. The highest BCUT2D eigenvalue weighted by atomic mass is 16.3. The van der Waals surface area contributed by atoms with Gasteiger partial charge in [0.2, 0.25) is 0 Å². The van der Waals surface area contributed by atoms with E-state index in [1.807, 2.05) is 0 Å². The van der Waals surface area contributed by atoms with Gasteiger partial charge in [0, 0.05) is 5.71 Å². The molecule has 0 unspecified atom stereocenters. The average Bonchev–Trinajstić information content (AvgIpc) is 1.36. The minimum Gasteiger partial charge on any atom is -0.387 e. The van der Waals surface area contributed by atoms with Gasteiger partial charge < -0.3 is 10.5 Å². The molecule has 0 aromatic carbocycles. The summed E-state index contributed by atoms with van der Waals surface area (Å²) in [7, 11) is 0. The Kier molecular flexibility index (Phi) is 1.81. The summed E-state index contributed by atoms with van der Waals surface area (Å²) in [6.07, 6.45) is -0.565. The lowest BCUT2D eigenvalue weighted by molar-refractivity contribution is 0.260. The van der Waals surface area contributed by atoms with Crippen molar-refractivity contribution in [3.63, 3.8) is 0 Å². The topological polar surface area (TPSA) is 44.1 Å². The highest BCUT2D eigenvalue weighted by Crippen LogP contribution is 1.77. The second-order valence-corrected chi connectivity index (χ2v) is 1.36. The van der Waals surface area contributed by atoms with Gasteiger partial charge in [-0.2, -0.15) is 0 Å². The van der Waals surface area contributed by atoms with Gasteiger partial charge in [0.15, 0.2) is 0 Å². The van der Waals surface area contributed by atoms with Crippen LogP contribution in [0.15, 0.2) is 0 Å². The molecule has 0 spiro atoms. The number of hydrogen-bond acceptors (Lipinski definition) is 2. The molecule has 6 heavy (non-hydrogen) atoms. The molecule has 0 saturated heterocycles. The van der Waals surface area contributed by atoms with Crippen molar-refractivity contribution in [2.24, 2.45) is 0 Å². The minimum atomic E-state index is -0.565. The largest absolute Gasteiger partial charge is 0.387 e. The zero-order valence-corrected chi connectivity index (χ0v) is 4.02. The summed E-state index contributed by atoms with van der Waals surface area (Å²) < 4.78 is 0. The van der Waals surface area contributed by atoms with Gasteiger partial charge in [-0.25, -0.2) is 0 Å². The van der Waals surface area contributed by atoms with Crippen LogP contribution in [0.5, 0.6) is 0 Å². The van der Waals surface area contributed by atoms with Crippen LogP contribution in [-0.4, -0.2) is 16.9 Å². The van der Waals surface area contributed by atoms with Crippen molar-refractivity contribution in [3.8, 4) is 0 Å². The fourth-order valence-corrected chi connectivity index (χ4v) is 0. The Hall–Kier alpha value is -0.370. The molecule has 1 atom stereocenters. The second kappa shape index (κ2) is 1.92. The normalized spacial score (nSPS) is 13.8. The maximum absolute atomic E-state index is 8.41. The van der Waals surface area contributed by atoms with Crippen LogP contribution in [-0.2, 0) is 0 Å². The average molecular weight is 87.1 g/mol. The van der Waals surface area contributed by atoms with Crippen LogP contribution in [0.2, 0.25) is 0 Å². The van der Waals surface area contributed by atoms with Gasteiger partial charge in [0.1, 0.15) is 0 Å². The number of nitrogens with one attached hydrogen (secondary N) is 1. The lowest BCUT2D eigenvalue weighted by atomic mass is 10.3. The molecule has 2 N–H and O–H groups in total. The lowest BCUT2D eigenvalue weighted by Crippen LogP contribution is -2.09. The van der Waals surface area contributed by atoms with Crippen LogP contribution in [0.1, 0.15) is 13.8 Å². The van der Waals surface area contributed by atoms with E-state index in [1.165, 1.54) is 0 Å². The Morgan fingerprint density at radius 1 is 1.83 bits per heavy atom. The van der Waals surface area contributed by atoms with Gasteiger partial charge in [0.25, 0.3) is 0 Å². The molecule has 0 aliphatic rings. The van der Waals surface area contributed by atoms with E-state index in [9.17, 15) is 0 Å². The smallest absolute Gasteiger partial charge is 0.0883 e. The molecule has 0 radical (unpaired) electrons. The third-order valence-corrected chi connectivity index (χ3v) is 0.627. The van der Waals surface area contributed by atoms with Crippen LogP contribution in [0.4, 0.5) is 0 Å². The number of hydrogen-bond donors (Lipinski definition) is 2. The standard InChI is InChI=1S/C4H9NO/c1-3(5)4(2)6/h4-6H,1-2H3/t4-/m1/s1. The molecule has 2 heteroatoms. The molecule has 2 nitrogen and oxygen atoms in total. The summed E-state index contributed by atoms with van der Waals surface area (Å²) in [6.45, 7) is 3.15. The molecule has 0 aromatic heterocycles. The predicted octanol–water partition coefficient (Wildman–Crippen LogP) is 0.407. The molecule has 0 amide bonds. The summed E-state index contributed by atoms with van der Waals surface area (Å²) in [5, 5.41) is 15.1. The van der Waals surface area contributed by atoms with Gasteiger partial charge in [-0.3, -0.25) is 0 Å². The number of aliphatic hydroxyl groups is 1. The van der Waals surface area contributed by atoms with Crippen LogP contribution in [0.25, 0.3) is 0 Å². The van der Waals surface area contributed by atoms with Gasteiger partial charge in [-0.1, -0.05) is 0 Å². The third kappa shape index (κ3) is 1.91. The van der Waals surface area contributed by atoms with E-state index < -0.39 is 6.10 Å². The summed E-state index contributed by atoms with van der Waals surface area (Å²) in [5.41, 5.74) is 0.315. The van der Waals surface area contributed by atoms with Gasteiger partial charge in [0.05, 0.1) is 6.10 Å². The Labute approximate surface area is 37.3 Å². The highest BCUT2D eigenvalue weighted by Gasteiger charge is 1.92.